The lowest BCUT2D eigenvalue weighted by Crippen LogP contribution is -2.22. The third-order valence-corrected chi connectivity index (χ3v) is 4.69. The molecule has 1 atom stereocenters. The molecule has 106 valence electrons. The number of hydrogen-bond donors (Lipinski definition) is 1. The Bertz CT molecular complexity index is 387. The lowest BCUT2D eigenvalue weighted by molar-refractivity contribution is 0.484. The molecular formula is C18H29N. The molecule has 0 heterocycles. The molecule has 1 fully saturated rings. The first-order valence-corrected chi connectivity index (χ1v) is 7.90. The minimum atomic E-state index is 0.294. The maximum atomic E-state index is 3.64. The van der Waals surface area contributed by atoms with E-state index in [2.05, 4.69) is 57.3 Å². The molecule has 0 amide bonds. The lowest BCUT2D eigenvalue weighted by atomic mass is 9.81. The van der Waals surface area contributed by atoms with Gasteiger partial charge in [0.1, 0.15) is 0 Å². The van der Waals surface area contributed by atoms with Crippen molar-refractivity contribution in [1.82, 2.24) is 5.32 Å². The summed E-state index contributed by atoms with van der Waals surface area (Å²) in [5.41, 5.74) is 3.22. The van der Waals surface area contributed by atoms with Crippen molar-refractivity contribution in [2.24, 2.45) is 5.92 Å². The van der Waals surface area contributed by atoms with Crippen LogP contribution in [-0.2, 0) is 5.41 Å². The van der Waals surface area contributed by atoms with Gasteiger partial charge in [-0.15, -0.1) is 0 Å². The number of nitrogens with one attached hydrogen (secondary N) is 1. The van der Waals surface area contributed by atoms with E-state index in [0.29, 0.717) is 11.5 Å². The van der Waals surface area contributed by atoms with E-state index in [1.807, 2.05) is 0 Å². The Kier molecular flexibility index (Phi) is 4.67. The van der Waals surface area contributed by atoms with Gasteiger partial charge in [-0.2, -0.15) is 0 Å². The molecule has 1 unspecified atom stereocenters. The third kappa shape index (κ3) is 3.82. The number of hydrogen-bond acceptors (Lipinski definition) is 1. The summed E-state index contributed by atoms with van der Waals surface area (Å²) >= 11 is 0. The van der Waals surface area contributed by atoms with Gasteiger partial charge < -0.3 is 5.32 Å². The van der Waals surface area contributed by atoms with Gasteiger partial charge in [-0.25, -0.2) is 0 Å². The van der Waals surface area contributed by atoms with Crippen molar-refractivity contribution in [1.29, 1.82) is 0 Å². The van der Waals surface area contributed by atoms with E-state index in [0.717, 1.165) is 12.5 Å². The van der Waals surface area contributed by atoms with Crippen LogP contribution in [0.2, 0.25) is 0 Å². The van der Waals surface area contributed by atoms with Crippen molar-refractivity contribution < 1.29 is 0 Å². The van der Waals surface area contributed by atoms with Crippen molar-refractivity contribution in [2.45, 2.75) is 64.8 Å². The van der Waals surface area contributed by atoms with Gasteiger partial charge in [0.05, 0.1) is 0 Å². The molecule has 1 aliphatic carbocycles. The first-order chi connectivity index (χ1) is 9.06. The molecule has 1 aliphatic rings. The average molecular weight is 259 g/mol. The minimum Gasteiger partial charge on any atom is -0.310 e. The molecule has 0 bridgehead atoms. The summed E-state index contributed by atoms with van der Waals surface area (Å²) in [6.45, 7) is 10.2. The molecule has 0 radical (unpaired) electrons. The average Bonchev–Trinajstić information content (AvgIpc) is 3.22. The Morgan fingerprint density at radius 3 is 2.26 bits per heavy atom. The van der Waals surface area contributed by atoms with Gasteiger partial charge in [0, 0.05) is 6.04 Å². The van der Waals surface area contributed by atoms with Crippen LogP contribution >= 0.6 is 0 Å². The van der Waals surface area contributed by atoms with Crippen LogP contribution in [0.3, 0.4) is 0 Å². The molecule has 1 nitrogen and oxygen atoms in total. The zero-order valence-corrected chi connectivity index (χ0v) is 13.0. The zero-order valence-electron chi connectivity index (χ0n) is 13.0. The Morgan fingerprint density at radius 1 is 1.16 bits per heavy atom. The Morgan fingerprint density at radius 2 is 1.79 bits per heavy atom. The van der Waals surface area contributed by atoms with Crippen LogP contribution in [-0.4, -0.2) is 6.54 Å². The van der Waals surface area contributed by atoms with Gasteiger partial charge in [0.15, 0.2) is 0 Å². The molecule has 1 N–H and O–H groups in total. The van der Waals surface area contributed by atoms with Gasteiger partial charge in [-0.3, -0.25) is 0 Å². The standard InChI is InChI=1S/C18H29N/c1-5-18(3,4)16-11-9-15(10-12-16)17(19-6-2)13-14-7-8-14/h9-12,14,17,19H,5-8,13H2,1-4H3. The Hall–Kier alpha value is -0.820. The highest BCUT2D eigenvalue weighted by molar-refractivity contribution is 5.29. The van der Waals surface area contributed by atoms with E-state index >= 15 is 0 Å². The van der Waals surface area contributed by atoms with Crippen molar-refractivity contribution in [2.75, 3.05) is 6.54 Å². The quantitative estimate of drug-likeness (QED) is 0.740. The van der Waals surface area contributed by atoms with Crippen LogP contribution in [0.4, 0.5) is 0 Å². The van der Waals surface area contributed by atoms with Gasteiger partial charge in [0.2, 0.25) is 0 Å². The largest absolute Gasteiger partial charge is 0.310 e. The summed E-state index contributed by atoms with van der Waals surface area (Å²) in [5.74, 6) is 0.968. The second kappa shape index (κ2) is 6.09. The van der Waals surface area contributed by atoms with Gasteiger partial charge in [-0.05, 0) is 41.8 Å². The smallest absolute Gasteiger partial charge is 0.0322 e. The van der Waals surface area contributed by atoms with Crippen molar-refractivity contribution in [3.05, 3.63) is 35.4 Å². The molecule has 1 aromatic rings. The second-order valence-electron chi connectivity index (χ2n) is 6.65. The fraction of sp³-hybridized carbons (Fsp3) is 0.667. The monoisotopic (exact) mass is 259 g/mol. The van der Waals surface area contributed by atoms with Crippen LogP contribution in [0.1, 0.15) is 70.5 Å². The van der Waals surface area contributed by atoms with E-state index in [-0.39, 0.29) is 0 Å². The van der Waals surface area contributed by atoms with Crippen LogP contribution < -0.4 is 5.32 Å². The third-order valence-electron chi connectivity index (χ3n) is 4.69. The van der Waals surface area contributed by atoms with Crippen LogP contribution in [0, 0.1) is 5.92 Å². The summed E-state index contributed by atoms with van der Waals surface area (Å²) in [6.07, 6.45) is 5.36. The van der Waals surface area contributed by atoms with Crippen molar-refractivity contribution in [3.8, 4) is 0 Å². The fourth-order valence-corrected chi connectivity index (χ4v) is 2.64. The number of rotatable bonds is 7. The zero-order chi connectivity index (χ0) is 13.9. The molecule has 0 aliphatic heterocycles. The molecule has 19 heavy (non-hydrogen) atoms. The summed E-state index contributed by atoms with van der Waals surface area (Å²) in [6, 6.07) is 9.88. The maximum Gasteiger partial charge on any atom is 0.0322 e. The van der Waals surface area contributed by atoms with Crippen molar-refractivity contribution in [3.63, 3.8) is 0 Å². The van der Waals surface area contributed by atoms with Crippen LogP contribution in [0.5, 0.6) is 0 Å². The topological polar surface area (TPSA) is 12.0 Å². The maximum absolute atomic E-state index is 3.64. The van der Waals surface area contributed by atoms with E-state index in [1.165, 1.54) is 36.8 Å². The normalized spacial score (nSPS) is 17.5. The first kappa shape index (κ1) is 14.6. The molecule has 1 heteroatoms. The highest BCUT2D eigenvalue weighted by Gasteiger charge is 2.26. The minimum absolute atomic E-state index is 0.294. The summed E-state index contributed by atoms with van der Waals surface area (Å²) < 4.78 is 0. The van der Waals surface area contributed by atoms with Crippen molar-refractivity contribution >= 4 is 0 Å². The summed E-state index contributed by atoms with van der Waals surface area (Å²) in [4.78, 5) is 0. The number of benzene rings is 1. The van der Waals surface area contributed by atoms with E-state index < -0.39 is 0 Å². The van der Waals surface area contributed by atoms with Gasteiger partial charge in [0.25, 0.3) is 0 Å². The Balaban J connectivity index is 2.10. The fourth-order valence-electron chi connectivity index (χ4n) is 2.64. The van der Waals surface area contributed by atoms with E-state index in [9.17, 15) is 0 Å². The molecule has 1 aromatic carbocycles. The van der Waals surface area contributed by atoms with Crippen LogP contribution in [0.25, 0.3) is 0 Å². The van der Waals surface area contributed by atoms with Gasteiger partial charge >= 0.3 is 0 Å². The highest BCUT2D eigenvalue weighted by atomic mass is 14.9. The molecular weight excluding hydrogens is 230 g/mol. The van der Waals surface area contributed by atoms with Gasteiger partial charge in [-0.1, -0.05) is 64.8 Å². The summed E-state index contributed by atoms with van der Waals surface area (Å²) in [7, 11) is 0. The molecule has 0 aromatic heterocycles. The first-order valence-electron chi connectivity index (χ1n) is 7.90. The predicted molar refractivity (Wildman–Crippen MR) is 83.5 cm³/mol. The molecule has 2 rings (SSSR count). The van der Waals surface area contributed by atoms with Crippen LogP contribution in [0.15, 0.2) is 24.3 Å². The SMILES string of the molecule is CCNC(CC1CC1)c1ccc(C(C)(C)CC)cc1. The molecule has 1 saturated carbocycles. The van der Waals surface area contributed by atoms with E-state index in [1.54, 1.807) is 0 Å². The molecule has 0 saturated heterocycles. The highest BCUT2D eigenvalue weighted by Crippen LogP contribution is 2.38. The molecule has 0 spiro atoms. The Labute approximate surface area is 118 Å². The van der Waals surface area contributed by atoms with E-state index in [4.69, 9.17) is 0 Å². The predicted octanol–water partition coefficient (Wildman–Crippen LogP) is 4.82. The lowest BCUT2D eigenvalue weighted by Gasteiger charge is -2.25. The summed E-state index contributed by atoms with van der Waals surface area (Å²) in [5, 5.41) is 3.64. The second-order valence-corrected chi connectivity index (χ2v) is 6.65.